The molecule has 3 N–H and O–H groups in total. The molecule has 11 nitrogen and oxygen atoms in total. The smallest absolute Gasteiger partial charge is 0.238 e. The van der Waals surface area contributed by atoms with E-state index in [0.717, 1.165) is 11.1 Å². The van der Waals surface area contributed by atoms with Gasteiger partial charge in [0.1, 0.15) is 22.7 Å². The summed E-state index contributed by atoms with van der Waals surface area (Å²) >= 11 is 0. The maximum Gasteiger partial charge on any atom is 0.238 e. The number of methoxy groups -OCH3 is 2. The molecule has 0 aliphatic heterocycles. The molecule has 4 aromatic heterocycles. The average molecular weight is 435 g/mol. The number of aryl methyl sites for hydroxylation is 1. The highest BCUT2D eigenvalue weighted by molar-refractivity contribution is 5.90. The van der Waals surface area contributed by atoms with Gasteiger partial charge in [0, 0.05) is 32.2 Å². The lowest BCUT2D eigenvalue weighted by molar-refractivity contribution is 0.0227. The number of nitrogens with one attached hydrogen (secondary N) is 1. The molecule has 0 aliphatic carbocycles. The second-order valence-electron chi connectivity index (χ2n) is 7.82. The molecular formula is C21H25N9O2. The molecule has 4 heterocycles. The van der Waals surface area contributed by atoms with Crippen molar-refractivity contribution in [2.75, 3.05) is 25.3 Å². The third-order valence-corrected chi connectivity index (χ3v) is 5.03. The van der Waals surface area contributed by atoms with Crippen LogP contribution in [0.1, 0.15) is 19.5 Å². The molecule has 0 bridgehead atoms. The van der Waals surface area contributed by atoms with Crippen LogP contribution < -0.4 is 15.8 Å². The van der Waals surface area contributed by atoms with Crippen molar-refractivity contribution in [3.05, 3.63) is 36.3 Å². The molecule has 4 rings (SSSR count). The summed E-state index contributed by atoms with van der Waals surface area (Å²) in [5, 5.41) is 12.4. The van der Waals surface area contributed by atoms with Gasteiger partial charge in [0.25, 0.3) is 0 Å². The van der Waals surface area contributed by atoms with E-state index in [1.165, 1.54) is 4.80 Å². The first-order valence-electron chi connectivity index (χ1n) is 9.94. The molecule has 0 amide bonds. The third kappa shape index (κ3) is 4.28. The van der Waals surface area contributed by atoms with Gasteiger partial charge in [-0.25, -0.2) is 19.9 Å². The number of nitrogen functional groups attached to an aromatic ring is 1. The highest BCUT2D eigenvalue weighted by Gasteiger charge is 2.22. The molecule has 0 atom stereocenters. The largest absolute Gasteiger partial charge is 0.479 e. The number of anilines is 3. The highest BCUT2D eigenvalue weighted by Crippen LogP contribution is 2.30. The molecule has 0 aliphatic rings. The van der Waals surface area contributed by atoms with Crippen LogP contribution in [-0.2, 0) is 18.2 Å². The fourth-order valence-corrected chi connectivity index (χ4v) is 3.22. The van der Waals surface area contributed by atoms with Crippen LogP contribution in [0.3, 0.4) is 0 Å². The van der Waals surface area contributed by atoms with E-state index < -0.39 is 5.60 Å². The van der Waals surface area contributed by atoms with Gasteiger partial charge in [0.2, 0.25) is 11.8 Å². The minimum absolute atomic E-state index is 0.326. The first-order valence-corrected chi connectivity index (χ1v) is 9.94. The van der Waals surface area contributed by atoms with E-state index in [9.17, 15) is 0 Å². The van der Waals surface area contributed by atoms with Crippen molar-refractivity contribution in [3.8, 4) is 17.3 Å². The van der Waals surface area contributed by atoms with Crippen molar-refractivity contribution in [2.45, 2.75) is 25.9 Å². The Hall–Kier alpha value is -3.86. The lowest BCUT2D eigenvalue weighted by atomic mass is 10.00. The predicted molar refractivity (Wildman–Crippen MR) is 121 cm³/mol. The Morgan fingerprint density at radius 1 is 1.09 bits per heavy atom. The molecule has 0 saturated carbocycles. The monoisotopic (exact) mass is 435 g/mol. The van der Waals surface area contributed by atoms with Crippen molar-refractivity contribution in [3.63, 3.8) is 0 Å². The SMILES string of the molecule is COc1nc(-c2cnn(C)n2)ccc1Nc1nc(CC(C)(C)OC)c2ccnc(N)c2n1. The molecule has 0 spiro atoms. The normalized spacial score (nSPS) is 11.7. The first-order chi connectivity index (χ1) is 15.3. The zero-order chi connectivity index (χ0) is 22.9. The molecule has 32 heavy (non-hydrogen) atoms. The zero-order valence-corrected chi connectivity index (χ0v) is 18.6. The molecular weight excluding hydrogens is 410 g/mol. The average Bonchev–Trinajstić information content (AvgIpc) is 3.21. The van der Waals surface area contributed by atoms with Crippen LogP contribution in [0.25, 0.3) is 22.3 Å². The Labute approximate surface area is 185 Å². The Morgan fingerprint density at radius 3 is 2.59 bits per heavy atom. The van der Waals surface area contributed by atoms with E-state index in [1.54, 1.807) is 33.7 Å². The van der Waals surface area contributed by atoms with Gasteiger partial charge < -0.3 is 20.5 Å². The molecule has 0 saturated heterocycles. The van der Waals surface area contributed by atoms with Gasteiger partial charge in [-0.3, -0.25) is 0 Å². The van der Waals surface area contributed by atoms with Crippen molar-refractivity contribution in [2.24, 2.45) is 7.05 Å². The van der Waals surface area contributed by atoms with E-state index >= 15 is 0 Å². The maximum absolute atomic E-state index is 6.11. The van der Waals surface area contributed by atoms with Crippen molar-refractivity contribution < 1.29 is 9.47 Å². The summed E-state index contributed by atoms with van der Waals surface area (Å²) in [6.45, 7) is 3.99. The summed E-state index contributed by atoms with van der Waals surface area (Å²) in [6.07, 6.45) is 3.85. The summed E-state index contributed by atoms with van der Waals surface area (Å²) in [5.41, 5.74) is 8.92. The third-order valence-electron chi connectivity index (χ3n) is 5.03. The highest BCUT2D eigenvalue weighted by atomic mass is 16.5. The Bertz CT molecular complexity index is 1270. The number of hydrogen-bond donors (Lipinski definition) is 2. The number of hydrogen-bond acceptors (Lipinski definition) is 10. The number of ether oxygens (including phenoxy) is 2. The number of nitrogens with two attached hydrogens (primary N) is 1. The maximum atomic E-state index is 6.11. The van der Waals surface area contributed by atoms with Gasteiger partial charge in [-0.15, -0.1) is 0 Å². The van der Waals surface area contributed by atoms with Crippen LogP contribution in [0.5, 0.6) is 5.88 Å². The summed E-state index contributed by atoms with van der Waals surface area (Å²) in [6, 6.07) is 5.50. The first kappa shape index (κ1) is 21.4. The van der Waals surface area contributed by atoms with Gasteiger partial charge in [-0.2, -0.15) is 15.0 Å². The topological polar surface area (TPSA) is 139 Å². The molecule has 0 aromatic carbocycles. The summed E-state index contributed by atoms with van der Waals surface area (Å²) in [5.74, 6) is 1.05. The summed E-state index contributed by atoms with van der Waals surface area (Å²) in [4.78, 5) is 19.5. The van der Waals surface area contributed by atoms with E-state index in [2.05, 4.69) is 30.5 Å². The van der Waals surface area contributed by atoms with Crippen LogP contribution in [0.2, 0.25) is 0 Å². The van der Waals surface area contributed by atoms with E-state index in [4.69, 9.17) is 20.2 Å². The quantitative estimate of drug-likeness (QED) is 0.445. The fraction of sp³-hybridized carbons (Fsp3) is 0.333. The predicted octanol–water partition coefficient (Wildman–Crippen LogP) is 2.52. The Balaban J connectivity index is 1.74. The van der Waals surface area contributed by atoms with Crippen LogP contribution in [-0.4, -0.2) is 54.8 Å². The minimum atomic E-state index is -0.422. The van der Waals surface area contributed by atoms with Crippen LogP contribution in [0, 0.1) is 0 Å². The molecule has 0 unspecified atom stereocenters. The van der Waals surface area contributed by atoms with Crippen molar-refractivity contribution in [1.29, 1.82) is 0 Å². The Morgan fingerprint density at radius 2 is 1.91 bits per heavy atom. The van der Waals surface area contributed by atoms with Gasteiger partial charge >= 0.3 is 0 Å². The lowest BCUT2D eigenvalue weighted by Crippen LogP contribution is -2.26. The molecule has 4 aromatic rings. The number of nitrogens with zero attached hydrogens (tertiary/aromatic N) is 7. The van der Waals surface area contributed by atoms with E-state index in [1.807, 2.05) is 32.0 Å². The summed E-state index contributed by atoms with van der Waals surface area (Å²) in [7, 11) is 4.97. The van der Waals surface area contributed by atoms with Crippen molar-refractivity contribution >= 4 is 28.4 Å². The van der Waals surface area contributed by atoms with Crippen LogP contribution in [0.4, 0.5) is 17.5 Å². The molecule has 0 radical (unpaired) electrons. The standard InChI is InChI=1S/C21H25N9O2/c1-21(2,32-5)10-15-12-8-9-23-18(22)17(12)28-20(27-15)26-14-7-6-13(25-19(14)31-4)16-11-24-30(3)29-16/h6-9,11H,10H2,1-5H3,(H2,22,23)(H,26,27,28). The second-order valence-corrected chi connectivity index (χ2v) is 7.82. The van der Waals surface area contributed by atoms with Crippen molar-refractivity contribution in [1.82, 2.24) is 34.9 Å². The molecule has 0 fully saturated rings. The fourth-order valence-electron chi connectivity index (χ4n) is 3.22. The minimum Gasteiger partial charge on any atom is -0.479 e. The zero-order valence-electron chi connectivity index (χ0n) is 18.6. The summed E-state index contributed by atoms with van der Waals surface area (Å²) < 4.78 is 11.1. The van der Waals surface area contributed by atoms with Gasteiger partial charge in [-0.1, -0.05) is 0 Å². The lowest BCUT2D eigenvalue weighted by Gasteiger charge is -2.23. The number of rotatable bonds is 7. The number of pyridine rings is 2. The van der Waals surface area contributed by atoms with Crippen LogP contribution in [0.15, 0.2) is 30.6 Å². The molecule has 11 heteroatoms. The van der Waals surface area contributed by atoms with E-state index in [-0.39, 0.29) is 0 Å². The van der Waals surface area contributed by atoms with Crippen LogP contribution >= 0.6 is 0 Å². The Kier molecular flexibility index (Phi) is 5.57. The number of fused-ring (bicyclic) bond motifs is 1. The van der Waals surface area contributed by atoms with Gasteiger partial charge in [0.15, 0.2) is 0 Å². The second kappa shape index (κ2) is 8.35. The molecule has 166 valence electrons. The van der Waals surface area contributed by atoms with Gasteiger partial charge in [0.05, 0.1) is 30.3 Å². The van der Waals surface area contributed by atoms with E-state index in [0.29, 0.717) is 46.7 Å². The van der Waals surface area contributed by atoms with Gasteiger partial charge in [-0.05, 0) is 32.0 Å². The number of aromatic nitrogens is 7.